The average molecular weight is 264 g/mol. The van der Waals surface area contributed by atoms with Crippen LogP contribution in [0.15, 0.2) is 24.3 Å². The van der Waals surface area contributed by atoms with Gasteiger partial charge in [0, 0.05) is 23.4 Å². The third-order valence-corrected chi connectivity index (χ3v) is 2.67. The molecule has 1 rings (SSSR count). The molecule has 0 fully saturated rings. The molecule has 19 heavy (non-hydrogen) atoms. The molecule has 0 aliphatic rings. The highest BCUT2D eigenvalue weighted by molar-refractivity contribution is 5.80. The second kappa shape index (κ2) is 5.51. The smallest absolute Gasteiger partial charge is 0.315 e. The first-order valence-corrected chi connectivity index (χ1v) is 5.59. The molecule has 6 heteroatoms. The number of nitrogens with two attached hydrogens (primary N) is 1. The van der Waals surface area contributed by atoms with Crippen molar-refractivity contribution in [1.82, 2.24) is 0 Å². The van der Waals surface area contributed by atoms with Crippen molar-refractivity contribution < 1.29 is 14.5 Å². The Balaban J connectivity index is 3.08. The summed E-state index contributed by atoms with van der Waals surface area (Å²) in [5.41, 5.74) is 5.76. The molecule has 1 aromatic carbocycles. The Hall–Kier alpha value is -2.37. The van der Waals surface area contributed by atoms with Crippen molar-refractivity contribution in [1.29, 1.82) is 0 Å². The highest BCUT2D eigenvalue weighted by Gasteiger charge is 2.25. The Morgan fingerprint density at radius 2 is 2.11 bits per heavy atom. The van der Waals surface area contributed by atoms with Gasteiger partial charge in [0.1, 0.15) is 0 Å². The summed E-state index contributed by atoms with van der Waals surface area (Å²) >= 11 is 0. The van der Waals surface area contributed by atoms with Gasteiger partial charge in [-0.15, -0.1) is 0 Å². The number of nitro benzene ring substituents is 1. The number of hydrogen-bond donors (Lipinski definition) is 1. The highest BCUT2D eigenvalue weighted by Crippen LogP contribution is 2.25. The number of ether oxygens (including phenoxy) is 1. The molecule has 0 saturated heterocycles. The summed E-state index contributed by atoms with van der Waals surface area (Å²) in [6, 6.07) is 4.15. The van der Waals surface area contributed by atoms with E-state index in [4.69, 9.17) is 5.73 Å². The van der Waals surface area contributed by atoms with Crippen LogP contribution < -0.4 is 5.73 Å². The summed E-state index contributed by atoms with van der Waals surface area (Å²) in [5, 5.41) is 10.7. The maximum atomic E-state index is 11.5. The predicted octanol–water partition coefficient (Wildman–Crippen LogP) is 2.39. The van der Waals surface area contributed by atoms with Crippen molar-refractivity contribution in [2.75, 3.05) is 12.8 Å². The minimum atomic E-state index is -0.828. The van der Waals surface area contributed by atoms with Gasteiger partial charge in [-0.25, -0.2) is 0 Å². The van der Waals surface area contributed by atoms with Gasteiger partial charge in [-0.05, 0) is 19.9 Å². The quantitative estimate of drug-likeness (QED) is 0.390. The molecular weight excluding hydrogens is 248 g/mol. The van der Waals surface area contributed by atoms with Crippen LogP contribution in [0.3, 0.4) is 0 Å². The summed E-state index contributed by atoms with van der Waals surface area (Å²) in [6.07, 6.45) is 3.19. The fraction of sp³-hybridized carbons (Fsp3) is 0.308. The van der Waals surface area contributed by atoms with E-state index in [1.54, 1.807) is 26.0 Å². The first-order valence-electron chi connectivity index (χ1n) is 5.59. The number of rotatable bonds is 4. The fourth-order valence-corrected chi connectivity index (χ4v) is 1.45. The third-order valence-electron chi connectivity index (χ3n) is 2.67. The lowest BCUT2D eigenvalue weighted by molar-refractivity contribution is -0.384. The number of carbonyl (C=O) groups excluding carboxylic acids is 1. The molecule has 0 amide bonds. The van der Waals surface area contributed by atoms with Crippen LogP contribution in [-0.2, 0) is 9.53 Å². The maximum Gasteiger partial charge on any atom is 0.315 e. The molecule has 0 aliphatic heterocycles. The number of methoxy groups -OCH3 is 1. The summed E-state index contributed by atoms with van der Waals surface area (Å²) < 4.78 is 4.67. The van der Waals surface area contributed by atoms with Crippen LogP contribution in [-0.4, -0.2) is 18.0 Å². The first kappa shape index (κ1) is 14.7. The van der Waals surface area contributed by atoms with Crippen molar-refractivity contribution in [2.45, 2.75) is 13.8 Å². The molecule has 2 N–H and O–H groups in total. The molecule has 0 spiro atoms. The number of benzene rings is 1. The molecular formula is C13H16N2O4. The SMILES string of the molecule is COC(=O)C(C)(C)/C=C/c1cc([N+](=O)[O-])ccc1N. The van der Waals surface area contributed by atoms with Crippen molar-refractivity contribution in [3.8, 4) is 0 Å². The maximum absolute atomic E-state index is 11.5. The largest absolute Gasteiger partial charge is 0.468 e. The van der Waals surface area contributed by atoms with Gasteiger partial charge >= 0.3 is 5.97 Å². The fourth-order valence-electron chi connectivity index (χ4n) is 1.45. The van der Waals surface area contributed by atoms with Gasteiger partial charge in [-0.2, -0.15) is 0 Å². The van der Waals surface area contributed by atoms with E-state index in [0.29, 0.717) is 11.3 Å². The van der Waals surface area contributed by atoms with E-state index in [9.17, 15) is 14.9 Å². The Labute approximate surface area is 111 Å². The van der Waals surface area contributed by atoms with Crippen LogP contribution in [0.1, 0.15) is 19.4 Å². The van der Waals surface area contributed by atoms with E-state index in [2.05, 4.69) is 4.74 Å². The zero-order valence-corrected chi connectivity index (χ0v) is 11.0. The molecule has 0 unspecified atom stereocenters. The number of non-ortho nitro benzene ring substituents is 1. The summed E-state index contributed by atoms with van der Waals surface area (Å²) in [4.78, 5) is 21.7. The average Bonchev–Trinajstić information content (AvgIpc) is 2.36. The van der Waals surface area contributed by atoms with E-state index in [-0.39, 0.29) is 5.69 Å². The molecule has 102 valence electrons. The monoisotopic (exact) mass is 264 g/mol. The molecule has 0 heterocycles. The molecule has 0 aromatic heterocycles. The van der Waals surface area contributed by atoms with Gasteiger partial charge < -0.3 is 10.5 Å². The van der Waals surface area contributed by atoms with Crippen molar-refractivity contribution in [3.63, 3.8) is 0 Å². The molecule has 0 aliphatic carbocycles. The van der Waals surface area contributed by atoms with Gasteiger partial charge in [-0.3, -0.25) is 14.9 Å². The van der Waals surface area contributed by atoms with Crippen LogP contribution in [0.4, 0.5) is 11.4 Å². The zero-order valence-electron chi connectivity index (χ0n) is 11.0. The minimum Gasteiger partial charge on any atom is -0.468 e. The summed E-state index contributed by atoms with van der Waals surface area (Å²) in [7, 11) is 1.31. The minimum absolute atomic E-state index is 0.0512. The summed E-state index contributed by atoms with van der Waals surface area (Å²) in [5.74, 6) is -0.396. The van der Waals surface area contributed by atoms with Gasteiger partial charge in [0.25, 0.3) is 5.69 Å². The number of nitro groups is 1. The van der Waals surface area contributed by atoms with E-state index in [0.717, 1.165) is 0 Å². The molecule has 6 nitrogen and oxygen atoms in total. The van der Waals surface area contributed by atoms with Crippen LogP contribution in [0.25, 0.3) is 6.08 Å². The lowest BCUT2D eigenvalue weighted by atomic mass is 9.92. The topological polar surface area (TPSA) is 95.5 Å². The molecule has 0 saturated carbocycles. The van der Waals surface area contributed by atoms with E-state index < -0.39 is 16.3 Å². The van der Waals surface area contributed by atoms with Crippen molar-refractivity contribution in [3.05, 3.63) is 40.0 Å². The molecule has 1 aromatic rings. The number of anilines is 1. The zero-order chi connectivity index (χ0) is 14.6. The number of carbonyl (C=O) groups is 1. The number of esters is 1. The number of nitrogen functional groups attached to an aromatic ring is 1. The first-order chi connectivity index (χ1) is 8.77. The lowest BCUT2D eigenvalue weighted by Gasteiger charge is -2.16. The Bertz CT molecular complexity index is 535. The van der Waals surface area contributed by atoms with Crippen LogP contribution >= 0.6 is 0 Å². The summed E-state index contributed by atoms with van der Waals surface area (Å²) in [6.45, 7) is 3.37. The lowest BCUT2D eigenvalue weighted by Crippen LogP contribution is -2.22. The Morgan fingerprint density at radius 1 is 1.47 bits per heavy atom. The third kappa shape index (κ3) is 3.54. The Morgan fingerprint density at radius 3 is 2.63 bits per heavy atom. The molecule has 0 bridgehead atoms. The molecule has 0 radical (unpaired) electrons. The van der Waals surface area contributed by atoms with Gasteiger partial charge in [0.05, 0.1) is 17.4 Å². The standard InChI is InChI=1S/C13H16N2O4/c1-13(2,12(16)19-3)7-6-9-8-10(15(17)18)4-5-11(9)14/h4-8H,14H2,1-3H3/b7-6+. The van der Waals surface area contributed by atoms with E-state index >= 15 is 0 Å². The highest BCUT2D eigenvalue weighted by atomic mass is 16.6. The second-order valence-corrected chi connectivity index (χ2v) is 4.62. The Kier molecular flexibility index (Phi) is 4.26. The van der Waals surface area contributed by atoms with Crippen LogP contribution in [0.5, 0.6) is 0 Å². The molecule has 0 atom stereocenters. The van der Waals surface area contributed by atoms with Crippen LogP contribution in [0, 0.1) is 15.5 Å². The van der Waals surface area contributed by atoms with Gasteiger partial charge in [-0.1, -0.05) is 12.2 Å². The second-order valence-electron chi connectivity index (χ2n) is 4.62. The van der Waals surface area contributed by atoms with Crippen LogP contribution in [0.2, 0.25) is 0 Å². The predicted molar refractivity (Wildman–Crippen MR) is 72.3 cm³/mol. The van der Waals surface area contributed by atoms with Gasteiger partial charge in [0.2, 0.25) is 0 Å². The van der Waals surface area contributed by atoms with Crippen molar-refractivity contribution in [2.24, 2.45) is 5.41 Å². The number of hydrogen-bond acceptors (Lipinski definition) is 5. The van der Waals surface area contributed by atoms with Gasteiger partial charge in [0.15, 0.2) is 0 Å². The van der Waals surface area contributed by atoms with E-state index in [1.807, 2.05) is 0 Å². The van der Waals surface area contributed by atoms with E-state index in [1.165, 1.54) is 25.3 Å². The normalized spacial score (nSPS) is 11.5. The van der Waals surface area contributed by atoms with Crippen molar-refractivity contribution >= 4 is 23.4 Å². The number of nitrogens with zero attached hydrogens (tertiary/aromatic N) is 1.